The third-order valence-electron chi connectivity index (χ3n) is 2.04. The molecule has 1 rings (SSSR count). The number of rotatable bonds is 2. The molecule has 0 unspecified atom stereocenters. The average Bonchev–Trinajstić information content (AvgIpc) is 1.91. The Kier molecular flexibility index (Phi) is 4.16. The van der Waals surface area contributed by atoms with Crippen molar-refractivity contribution >= 4 is 8.80 Å². The van der Waals surface area contributed by atoms with Crippen molar-refractivity contribution in [3.8, 4) is 0 Å². The molecule has 0 radical (unpaired) electrons. The summed E-state index contributed by atoms with van der Waals surface area (Å²) in [5, 5.41) is 2.45. The van der Waals surface area contributed by atoms with E-state index < -0.39 is 0 Å². The Bertz CT molecular complexity index is 66.6. The summed E-state index contributed by atoms with van der Waals surface area (Å²) < 4.78 is 1.74. The van der Waals surface area contributed by atoms with Gasteiger partial charge < -0.3 is 0 Å². The van der Waals surface area contributed by atoms with Gasteiger partial charge in [0.25, 0.3) is 0 Å². The Morgan fingerprint density at radius 3 is 2.44 bits per heavy atom. The van der Waals surface area contributed by atoms with Gasteiger partial charge in [-0.15, -0.1) is 0 Å². The van der Waals surface area contributed by atoms with E-state index in [1.165, 1.54) is 0 Å². The molecule has 1 aliphatic rings. The second-order valence-electron chi connectivity index (χ2n) is 2.86. The van der Waals surface area contributed by atoms with E-state index in [9.17, 15) is 0 Å². The average molecular weight is 323 g/mol. The summed E-state index contributed by atoms with van der Waals surface area (Å²) in [6.45, 7) is 0. The van der Waals surface area contributed by atoms with Crippen molar-refractivity contribution < 1.29 is 18.6 Å². The monoisotopic (exact) mass is 323 g/mol. The van der Waals surface area contributed by atoms with Gasteiger partial charge in [0.2, 0.25) is 0 Å². The summed E-state index contributed by atoms with van der Waals surface area (Å²) in [6.07, 6.45) is 4.72. The van der Waals surface area contributed by atoms with E-state index in [0.29, 0.717) is 18.6 Å². The zero-order chi connectivity index (χ0) is 6.53. The first-order valence-corrected chi connectivity index (χ1v) is 10.1. The first kappa shape index (κ1) is 8.01. The predicted molar refractivity (Wildman–Crippen MR) is 41.3 cm³/mol. The van der Waals surface area contributed by atoms with Crippen molar-refractivity contribution in [1.29, 1.82) is 0 Å². The molecule has 0 atom stereocenters. The molecule has 0 N–H and O–H groups in total. The summed E-state index contributed by atoms with van der Waals surface area (Å²) >= 11 is 0.636. The molecular formula is C7H16PtSi. The van der Waals surface area contributed by atoms with E-state index in [-0.39, 0.29) is 8.80 Å². The van der Waals surface area contributed by atoms with Crippen LogP contribution in [0.5, 0.6) is 0 Å². The van der Waals surface area contributed by atoms with Gasteiger partial charge in [-0.05, 0) is 0 Å². The van der Waals surface area contributed by atoms with E-state index in [2.05, 4.69) is 5.31 Å². The molecule has 0 spiro atoms. The third-order valence-corrected chi connectivity index (χ3v) is 11.8. The molecule has 1 heterocycles. The molecule has 2 heteroatoms. The summed E-state index contributed by atoms with van der Waals surface area (Å²) in [7, 11) is -0.0768. The molecule has 1 fully saturated rings. The second kappa shape index (κ2) is 4.68. The SMILES string of the molecule is [CH3][Pt][CH2][SiH]1CCCCC1. The molecule has 1 aliphatic heterocycles. The maximum atomic E-state index is 2.45. The zero-order valence-corrected chi connectivity index (χ0v) is 9.56. The fraction of sp³-hybridized carbons (Fsp3) is 1.00. The molecular weight excluding hydrogens is 307 g/mol. The molecule has 58 valence electrons. The Hall–Kier alpha value is 0.905. The van der Waals surface area contributed by atoms with Crippen LogP contribution in [0.15, 0.2) is 0 Å². The van der Waals surface area contributed by atoms with Crippen molar-refractivity contribution in [2.75, 3.05) is 0 Å². The standard InChI is InChI=1S/C6H13Si.CH3.Pt/c1-7-5-3-2-4-6-7;;/h7H,1-6H2;1H3;. The minimum atomic E-state index is -0.0768. The van der Waals surface area contributed by atoms with Gasteiger partial charge in [-0.2, -0.15) is 0 Å². The Labute approximate surface area is 68.6 Å². The molecule has 9 heavy (non-hydrogen) atoms. The van der Waals surface area contributed by atoms with Crippen LogP contribution in [0.25, 0.3) is 0 Å². The van der Waals surface area contributed by atoms with Crippen LogP contribution in [0.2, 0.25) is 21.8 Å². The van der Waals surface area contributed by atoms with Crippen LogP contribution in [0.1, 0.15) is 19.3 Å². The quantitative estimate of drug-likeness (QED) is 0.685. The van der Waals surface area contributed by atoms with Crippen molar-refractivity contribution in [3.05, 3.63) is 0 Å². The molecule has 1 saturated heterocycles. The van der Waals surface area contributed by atoms with Gasteiger partial charge in [-0.3, -0.25) is 0 Å². The van der Waals surface area contributed by atoms with Crippen LogP contribution < -0.4 is 0 Å². The molecule has 0 nitrogen and oxygen atoms in total. The fourth-order valence-corrected chi connectivity index (χ4v) is 10.9. The molecule has 0 aromatic rings. The Morgan fingerprint density at radius 2 is 1.89 bits per heavy atom. The van der Waals surface area contributed by atoms with Crippen molar-refractivity contribution in [2.24, 2.45) is 0 Å². The van der Waals surface area contributed by atoms with Crippen LogP contribution in [0, 0.1) is 0 Å². The topological polar surface area (TPSA) is 0 Å². The van der Waals surface area contributed by atoms with E-state index >= 15 is 0 Å². The van der Waals surface area contributed by atoms with Gasteiger partial charge >= 0.3 is 68.5 Å². The van der Waals surface area contributed by atoms with Gasteiger partial charge in [0.05, 0.1) is 0 Å². The number of hydrogen-bond acceptors (Lipinski definition) is 0. The van der Waals surface area contributed by atoms with Crippen molar-refractivity contribution in [3.63, 3.8) is 0 Å². The first-order valence-electron chi connectivity index (χ1n) is 3.76. The van der Waals surface area contributed by atoms with Crippen LogP contribution >= 0.6 is 0 Å². The third kappa shape index (κ3) is 3.00. The van der Waals surface area contributed by atoms with Crippen molar-refractivity contribution in [1.82, 2.24) is 0 Å². The number of hydrogen-bond donors (Lipinski definition) is 0. The van der Waals surface area contributed by atoms with E-state index in [1.807, 2.05) is 0 Å². The normalized spacial score (nSPS) is 22.8. The summed E-state index contributed by atoms with van der Waals surface area (Å²) in [5.41, 5.74) is 0. The van der Waals surface area contributed by atoms with Crippen LogP contribution in [-0.2, 0) is 18.6 Å². The van der Waals surface area contributed by atoms with E-state index in [1.54, 1.807) is 35.8 Å². The Morgan fingerprint density at radius 1 is 1.22 bits per heavy atom. The Balaban J connectivity index is 2.08. The molecule has 0 aliphatic carbocycles. The molecule has 0 bridgehead atoms. The fourth-order valence-electron chi connectivity index (χ4n) is 1.50. The van der Waals surface area contributed by atoms with E-state index in [0.717, 1.165) is 0 Å². The van der Waals surface area contributed by atoms with E-state index in [4.69, 9.17) is 0 Å². The van der Waals surface area contributed by atoms with Gasteiger partial charge in [-0.25, -0.2) is 0 Å². The second-order valence-corrected chi connectivity index (χ2v) is 10.4. The molecule has 0 saturated carbocycles. The molecule has 0 amide bonds. The van der Waals surface area contributed by atoms with Crippen LogP contribution in [0.3, 0.4) is 0 Å². The summed E-state index contributed by atoms with van der Waals surface area (Å²) in [6, 6.07) is 3.38. The zero-order valence-electron chi connectivity index (χ0n) is 6.14. The van der Waals surface area contributed by atoms with Crippen LogP contribution in [0.4, 0.5) is 0 Å². The predicted octanol–water partition coefficient (Wildman–Crippen LogP) is 2.49. The first-order chi connectivity index (χ1) is 4.43. The van der Waals surface area contributed by atoms with Gasteiger partial charge in [0.15, 0.2) is 0 Å². The summed E-state index contributed by atoms with van der Waals surface area (Å²) in [5.74, 6) is 0. The summed E-state index contributed by atoms with van der Waals surface area (Å²) in [4.78, 5) is 0. The van der Waals surface area contributed by atoms with Gasteiger partial charge in [0, 0.05) is 0 Å². The van der Waals surface area contributed by atoms with Gasteiger partial charge in [0.1, 0.15) is 0 Å². The van der Waals surface area contributed by atoms with Gasteiger partial charge in [-0.1, -0.05) is 0 Å². The molecule has 0 aromatic carbocycles. The maximum absolute atomic E-state index is 2.45. The van der Waals surface area contributed by atoms with Crippen molar-refractivity contribution in [2.45, 2.75) is 41.1 Å². The molecule has 0 aromatic heterocycles. The van der Waals surface area contributed by atoms with Crippen LogP contribution in [-0.4, -0.2) is 8.80 Å². The minimum absolute atomic E-state index is 0.0768.